The number of ether oxygens (including phenoxy) is 1. The van der Waals surface area contributed by atoms with Crippen molar-refractivity contribution in [3.63, 3.8) is 0 Å². The van der Waals surface area contributed by atoms with Gasteiger partial charge in [0.25, 0.3) is 0 Å². The summed E-state index contributed by atoms with van der Waals surface area (Å²) in [6, 6.07) is 8.25. The van der Waals surface area contributed by atoms with Gasteiger partial charge < -0.3 is 15.8 Å². The summed E-state index contributed by atoms with van der Waals surface area (Å²) in [5.74, 6) is 0.0528. The van der Waals surface area contributed by atoms with Gasteiger partial charge in [-0.3, -0.25) is 4.79 Å². The number of aryl methyl sites for hydroxylation is 2. The first kappa shape index (κ1) is 15.7. The van der Waals surface area contributed by atoms with Crippen LogP contribution < -0.4 is 11.1 Å². The second-order valence-corrected chi connectivity index (χ2v) is 4.79. The normalized spacial score (nSPS) is 12.2. The van der Waals surface area contributed by atoms with Crippen molar-refractivity contribution in [1.82, 2.24) is 5.32 Å². The molecule has 0 aliphatic heterocycles. The number of methoxy groups -OCH3 is 1. The van der Waals surface area contributed by atoms with Crippen LogP contribution in [0.25, 0.3) is 0 Å². The molecule has 1 aromatic carbocycles. The van der Waals surface area contributed by atoms with Crippen molar-refractivity contribution in [1.29, 1.82) is 0 Å². The van der Waals surface area contributed by atoms with Crippen LogP contribution in [0.4, 0.5) is 0 Å². The minimum Gasteiger partial charge on any atom is -0.383 e. The molecule has 0 spiro atoms. The van der Waals surface area contributed by atoms with Gasteiger partial charge in [0.1, 0.15) is 0 Å². The minimum atomic E-state index is 0.0139. The Bertz CT molecular complexity index is 387. The Balaban J connectivity index is 2.37. The lowest BCUT2D eigenvalue weighted by atomic mass is 10.1. The Morgan fingerprint density at radius 2 is 2.26 bits per heavy atom. The van der Waals surface area contributed by atoms with Crippen molar-refractivity contribution in [2.45, 2.75) is 32.2 Å². The average molecular weight is 264 g/mol. The predicted molar refractivity (Wildman–Crippen MR) is 77.0 cm³/mol. The Kier molecular flexibility index (Phi) is 7.15. The van der Waals surface area contributed by atoms with E-state index in [2.05, 4.69) is 24.4 Å². The van der Waals surface area contributed by atoms with Crippen LogP contribution >= 0.6 is 0 Å². The highest BCUT2D eigenvalue weighted by molar-refractivity contribution is 5.76. The molecule has 4 heteroatoms. The van der Waals surface area contributed by atoms with Crippen molar-refractivity contribution in [2.75, 3.05) is 20.3 Å². The monoisotopic (exact) mass is 264 g/mol. The first-order chi connectivity index (χ1) is 9.15. The Hall–Kier alpha value is -1.39. The van der Waals surface area contributed by atoms with Crippen molar-refractivity contribution < 1.29 is 9.53 Å². The Labute approximate surface area is 115 Å². The third-order valence-corrected chi connectivity index (χ3v) is 2.97. The molecule has 0 fully saturated rings. The topological polar surface area (TPSA) is 64.3 Å². The number of benzene rings is 1. The van der Waals surface area contributed by atoms with Crippen LogP contribution in [0, 0.1) is 6.92 Å². The number of hydrogen-bond acceptors (Lipinski definition) is 3. The molecular weight excluding hydrogens is 240 g/mol. The molecule has 1 unspecified atom stereocenters. The SMILES string of the molecule is COCC(CCN)NC(=O)CCc1cccc(C)c1. The van der Waals surface area contributed by atoms with Crippen molar-refractivity contribution >= 4 is 5.91 Å². The van der Waals surface area contributed by atoms with Gasteiger partial charge in [0, 0.05) is 13.5 Å². The van der Waals surface area contributed by atoms with Crippen molar-refractivity contribution in [2.24, 2.45) is 5.73 Å². The molecular formula is C15H24N2O2. The summed E-state index contributed by atoms with van der Waals surface area (Å²) in [5, 5.41) is 2.96. The van der Waals surface area contributed by atoms with Gasteiger partial charge in [-0.05, 0) is 31.9 Å². The zero-order chi connectivity index (χ0) is 14.1. The maximum Gasteiger partial charge on any atom is 0.220 e. The number of amides is 1. The molecule has 0 aromatic heterocycles. The van der Waals surface area contributed by atoms with E-state index >= 15 is 0 Å². The molecule has 4 nitrogen and oxygen atoms in total. The molecule has 106 valence electrons. The van der Waals surface area contributed by atoms with Gasteiger partial charge in [-0.15, -0.1) is 0 Å². The summed E-state index contributed by atoms with van der Waals surface area (Å²) in [7, 11) is 1.63. The van der Waals surface area contributed by atoms with Crippen LogP contribution in [-0.2, 0) is 16.0 Å². The van der Waals surface area contributed by atoms with E-state index in [-0.39, 0.29) is 11.9 Å². The molecule has 1 amide bonds. The molecule has 1 rings (SSSR count). The maximum absolute atomic E-state index is 11.9. The molecule has 0 saturated heterocycles. The van der Waals surface area contributed by atoms with Crippen LogP contribution in [0.1, 0.15) is 24.0 Å². The van der Waals surface area contributed by atoms with E-state index in [1.807, 2.05) is 12.1 Å². The summed E-state index contributed by atoms with van der Waals surface area (Å²) >= 11 is 0. The Morgan fingerprint density at radius 1 is 1.47 bits per heavy atom. The summed E-state index contributed by atoms with van der Waals surface area (Å²) in [4.78, 5) is 11.9. The number of rotatable bonds is 8. The molecule has 0 saturated carbocycles. The zero-order valence-corrected chi connectivity index (χ0v) is 11.8. The molecule has 19 heavy (non-hydrogen) atoms. The van der Waals surface area contributed by atoms with Crippen LogP contribution in [0.3, 0.4) is 0 Å². The third-order valence-electron chi connectivity index (χ3n) is 2.97. The lowest BCUT2D eigenvalue weighted by Crippen LogP contribution is -2.39. The summed E-state index contributed by atoms with van der Waals surface area (Å²) in [6.45, 7) is 3.11. The van der Waals surface area contributed by atoms with E-state index in [1.165, 1.54) is 11.1 Å². The van der Waals surface area contributed by atoms with E-state index in [1.54, 1.807) is 7.11 Å². The first-order valence-corrected chi connectivity index (χ1v) is 6.69. The number of nitrogens with one attached hydrogen (secondary N) is 1. The Morgan fingerprint density at radius 3 is 2.89 bits per heavy atom. The molecule has 1 aromatic rings. The number of nitrogens with two attached hydrogens (primary N) is 1. The van der Waals surface area contributed by atoms with Crippen LogP contribution in [-0.4, -0.2) is 32.2 Å². The van der Waals surface area contributed by atoms with E-state index in [4.69, 9.17) is 10.5 Å². The first-order valence-electron chi connectivity index (χ1n) is 6.69. The van der Waals surface area contributed by atoms with Gasteiger partial charge in [-0.2, -0.15) is 0 Å². The second-order valence-electron chi connectivity index (χ2n) is 4.79. The third kappa shape index (κ3) is 6.36. The van der Waals surface area contributed by atoms with Crippen LogP contribution in [0.15, 0.2) is 24.3 Å². The van der Waals surface area contributed by atoms with E-state index in [0.717, 1.165) is 12.8 Å². The van der Waals surface area contributed by atoms with Gasteiger partial charge in [0.2, 0.25) is 5.91 Å². The molecule has 0 aliphatic rings. The van der Waals surface area contributed by atoms with Gasteiger partial charge in [0.05, 0.1) is 12.6 Å². The molecule has 0 radical (unpaired) electrons. The fourth-order valence-electron chi connectivity index (χ4n) is 2.02. The minimum absolute atomic E-state index is 0.0139. The summed E-state index contributed by atoms with van der Waals surface area (Å²) in [5.41, 5.74) is 7.92. The lowest BCUT2D eigenvalue weighted by Gasteiger charge is -2.17. The highest BCUT2D eigenvalue weighted by Gasteiger charge is 2.11. The van der Waals surface area contributed by atoms with Gasteiger partial charge in [0.15, 0.2) is 0 Å². The quantitative estimate of drug-likeness (QED) is 0.746. The molecule has 0 bridgehead atoms. The highest BCUT2D eigenvalue weighted by Crippen LogP contribution is 2.06. The van der Waals surface area contributed by atoms with Crippen LogP contribution in [0.5, 0.6) is 0 Å². The smallest absolute Gasteiger partial charge is 0.220 e. The fourth-order valence-corrected chi connectivity index (χ4v) is 2.02. The van der Waals surface area contributed by atoms with Crippen molar-refractivity contribution in [3.05, 3.63) is 35.4 Å². The predicted octanol–water partition coefficient (Wildman–Crippen LogP) is 1.41. The summed E-state index contributed by atoms with van der Waals surface area (Å²) in [6.07, 6.45) is 1.99. The van der Waals surface area contributed by atoms with Gasteiger partial charge >= 0.3 is 0 Å². The highest BCUT2D eigenvalue weighted by atomic mass is 16.5. The van der Waals surface area contributed by atoms with Gasteiger partial charge in [-0.25, -0.2) is 0 Å². The van der Waals surface area contributed by atoms with Gasteiger partial charge in [-0.1, -0.05) is 29.8 Å². The van der Waals surface area contributed by atoms with E-state index in [0.29, 0.717) is 19.6 Å². The standard InChI is InChI=1S/C15H24N2O2/c1-12-4-3-5-13(10-12)6-7-15(18)17-14(8-9-16)11-19-2/h3-5,10,14H,6-9,11,16H2,1-2H3,(H,17,18). The number of hydrogen-bond donors (Lipinski definition) is 2. The lowest BCUT2D eigenvalue weighted by molar-refractivity contribution is -0.122. The van der Waals surface area contributed by atoms with Crippen LogP contribution in [0.2, 0.25) is 0 Å². The zero-order valence-electron chi connectivity index (χ0n) is 11.8. The number of carbonyl (C=O) groups is 1. The van der Waals surface area contributed by atoms with Crippen molar-refractivity contribution in [3.8, 4) is 0 Å². The largest absolute Gasteiger partial charge is 0.383 e. The molecule has 3 N–H and O–H groups in total. The maximum atomic E-state index is 11.9. The molecule has 1 atom stereocenters. The molecule has 0 heterocycles. The number of carbonyl (C=O) groups excluding carboxylic acids is 1. The van der Waals surface area contributed by atoms with E-state index < -0.39 is 0 Å². The second kappa shape index (κ2) is 8.67. The molecule has 0 aliphatic carbocycles. The average Bonchev–Trinajstić information content (AvgIpc) is 2.37. The summed E-state index contributed by atoms with van der Waals surface area (Å²) < 4.78 is 5.07. The van der Waals surface area contributed by atoms with E-state index in [9.17, 15) is 4.79 Å². The fraction of sp³-hybridized carbons (Fsp3) is 0.533.